The van der Waals surface area contributed by atoms with Crippen LogP contribution in [-0.2, 0) is 28.0 Å². The van der Waals surface area contributed by atoms with E-state index in [9.17, 15) is 21.6 Å². The van der Waals surface area contributed by atoms with Gasteiger partial charge in [-0.15, -0.1) is 0 Å². The summed E-state index contributed by atoms with van der Waals surface area (Å²) in [4.78, 5) is 7.48. The van der Waals surface area contributed by atoms with Crippen molar-refractivity contribution in [2.45, 2.75) is 43.8 Å². The molecule has 2 aromatic heterocycles. The van der Waals surface area contributed by atoms with Gasteiger partial charge >= 0.3 is 6.18 Å². The molecule has 0 saturated heterocycles. The van der Waals surface area contributed by atoms with Crippen LogP contribution in [-0.4, -0.2) is 30.1 Å². The third-order valence-electron chi connectivity index (χ3n) is 3.14. The lowest BCUT2D eigenvalue weighted by Gasteiger charge is -2.10. The van der Waals surface area contributed by atoms with Crippen LogP contribution < -0.4 is 4.72 Å². The quantitative estimate of drug-likeness (QED) is 0.810. The molecule has 0 spiro atoms. The Balaban J connectivity index is 2.06. The predicted molar refractivity (Wildman–Crippen MR) is 86.1 cm³/mol. The van der Waals surface area contributed by atoms with Crippen molar-refractivity contribution in [2.24, 2.45) is 0 Å². The van der Waals surface area contributed by atoms with Gasteiger partial charge in [0.15, 0.2) is 10.9 Å². The van der Waals surface area contributed by atoms with Crippen LogP contribution in [0.1, 0.15) is 38.0 Å². The van der Waals surface area contributed by atoms with E-state index >= 15 is 0 Å². The van der Waals surface area contributed by atoms with Crippen LogP contribution in [0.25, 0.3) is 0 Å². The highest BCUT2D eigenvalue weighted by Gasteiger charge is 2.33. The minimum atomic E-state index is -4.67. The van der Waals surface area contributed by atoms with Crippen molar-refractivity contribution in [1.82, 2.24) is 19.8 Å². The first-order chi connectivity index (χ1) is 11.8. The lowest BCUT2D eigenvalue weighted by molar-refractivity contribution is -0.137. The molecule has 0 radical (unpaired) electrons. The van der Waals surface area contributed by atoms with Gasteiger partial charge in [-0.1, -0.05) is 37.5 Å². The molecule has 26 heavy (non-hydrogen) atoms. The molecule has 0 amide bonds. The average molecular weight is 413 g/mol. The predicted octanol–water partition coefficient (Wildman–Crippen LogP) is 2.96. The number of pyridine rings is 1. The van der Waals surface area contributed by atoms with Gasteiger partial charge in [-0.25, -0.2) is 18.1 Å². The first-order valence-corrected chi connectivity index (χ1v) is 9.22. The Morgan fingerprint density at radius 3 is 2.42 bits per heavy atom. The molecule has 144 valence electrons. The van der Waals surface area contributed by atoms with E-state index in [0.29, 0.717) is 24.0 Å². The lowest BCUT2D eigenvalue weighted by Crippen LogP contribution is -2.27. The van der Waals surface area contributed by atoms with Gasteiger partial charge in [-0.2, -0.15) is 18.2 Å². The van der Waals surface area contributed by atoms with Gasteiger partial charge in [0.2, 0.25) is 5.89 Å². The van der Waals surface area contributed by atoms with E-state index in [1.165, 1.54) is 0 Å². The Morgan fingerprint density at radius 1 is 1.27 bits per heavy atom. The molecule has 0 unspecified atom stereocenters. The first kappa shape index (κ1) is 20.6. The molecule has 0 bridgehead atoms. The number of alkyl halides is 3. The summed E-state index contributed by atoms with van der Waals surface area (Å²) in [7, 11) is -4.19. The van der Waals surface area contributed by atoms with Crippen molar-refractivity contribution in [3.63, 3.8) is 0 Å². The Hall–Kier alpha value is -1.72. The van der Waals surface area contributed by atoms with E-state index in [2.05, 4.69) is 19.8 Å². The highest BCUT2D eigenvalue weighted by atomic mass is 35.5. The molecule has 0 aliphatic heterocycles. The molecule has 12 heteroatoms. The second kappa shape index (κ2) is 7.12. The number of rotatable bonds is 5. The van der Waals surface area contributed by atoms with Crippen LogP contribution >= 0.6 is 11.6 Å². The number of nitrogens with zero attached hydrogens (tertiary/aromatic N) is 3. The standard InChI is InChI=1S/C14H16ClF3N4O3S/c1-13(2,3)12-21-10(22-25-12)4-5-20-26(23,24)11-9(15)6-8(7-19-11)14(16,17)18/h6-7,20H,4-5H2,1-3H3. The SMILES string of the molecule is CC(C)(C)c1nc(CCNS(=O)(=O)c2ncc(C(F)(F)F)cc2Cl)no1. The fourth-order valence-electron chi connectivity index (χ4n) is 1.80. The van der Waals surface area contributed by atoms with Crippen molar-refractivity contribution in [2.75, 3.05) is 6.54 Å². The fraction of sp³-hybridized carbons (Fsp3) is 0.500. The molecule has 2 heterocycles. The van der Waals surface area contributed by atoms with Crippen LogP contribution in [0.5, 0.6) is 0 Å². The smallest absolute Gasteiger partial charge is 0.339 e. The summed E-state index contributed by atoms with van der Waals surface area (Å²) in [5.74, 6) is 0.701. The zero-order valence-electron chi connectivity index (χ0n) is 14.1. The Morgan fingerprint density at radius 2 is 1.92 bits per heavy atom. The van der Waals surface area contributed by atoms with Crippen molar-refractivity contribution in [3.05, 3.63) is 34.6 Å². The minimum Gasteiger partial charge on any atom is -0.339 e. The lowest BCUT2D eigenvalue weighted by atomic mass is 9.97. The fourth-order valence-corrected chi connectivity index (χ4v) is 3.29. The summed E-state index contributed by atoms with van der Waals surface area (Å²) < 4.78 is 69.4. The summed E-state index contributed by atoms with van der Waals surface area (Å²) in [6.45, 7) is 5.53. The first-order valence-electron chi connectivity index (χ1n) is 7.36. The molecule has 2 aromatic rings. The maximum absolute atomic E-state index is 12.6. The van der Waals surface area contributed by atoms with E-state index in [4.69, 9.17) is 16.1 Å². The summed E-state index contributed by atoms with van der Waals surface area (Å²) in [6.07, 6.45) is -4.14. The van der Waals surface area contributed by atoms with Crippen molar-refractivity contribution in [3.8, 4) is 0 Å². The summed E-state index contributed by atoms with van der Waals surface area (Å²) in [5, 5.41) is 2.44. The molecule has 0 fully saturated rings. The molecule has 0 aliphatic carbocycles. The summed E-state index contributed by atoms with van der Waals surface area (Å²) >= 11 is 5.65. The monoisotopic (exact) mass is 412 g/mol. The van der Waals surface area contributed by atoms with Gasteiger partial charge < -0.3 is 4.52 Å². The molecule has 0 aliphatic rings. The molecule has 1 N–H and O–H groups in total. The van der Waals surface area contributed by atoms with E-state index in [1.54, 1.807) is 0 Å². The third-order valence-corrected chi connectivity index (χ3v) is 4.96. The van der Waals surface area contributed by atoms with E-state index < -0.39 is 31.8 Å². The number of hydrogen-bond donors (Lipinski definition) is 1. The van der Waals surface area contributed by atoms with Crippen LogP contribution in [0.3, 0.4) is 0 Å². The highest BCUT2D eigenvalue weighted by molar-refractivity contribution is 7.89. The summed E-state index contributed by atoms with van der Waals surface area (Å²) in [5.41, 5.74) is -1.48. The molecular weight excluding hydrogens is 397 g/mol. The van der Waals surface area contributed by atoms with Crippen LogP contribution in [0.2, 0.25) is 5.02 Å². The number of sulfonamides is 1. The van der Waals surface area contributed by atoms with Gasteiger partial charge in [-0.3, -0.25) is 0 Å². The highest BCUT2D eigenvalue weighted by Crippen LogP contribution is 2.32. The van der Waals surface area contributed by atoms with Crippen LogP contribution in [0.4, 0.5) is 13.2 Å². The number of nitrogens with one attached hydrogen (secondary N) is 1. The molecular formula is C14H16ClF3N4O3S. The van der Waals surface area contributed by atoms with Crippen molar-refractivity contribution >= 4 is 21.6 Å². The zero-order chi connectivity index (χ0) is 19.8. The topological polar surface area (TPSA) is 98.0 Å². The largest absolute Gasteiger partial charge is 0.417 e. The Bertz CT molecular complexity index is 892. The van der Waals surface area contributed by atoms with E-state index in [0.717, 1.165) is 0 Å². The molecule has 0 atom stereocenters. The van der Waals surface area contributed by atoms with Crippen molar-refractivity contribution in [1.29, 1.82) is 0 Å². The molecule has 0 saturated carbocycles. The average Bonchev–Trinajstić information content (AvgIpc) is 2.94. The van der Waals surface area contributed by atoms with E-state index in [-0.39, 0.29) is 18.4 Å². The summed E-state index contributed by atoms with van der Waals surface area (Å²) in [6, 6.07) is 0.512. The van der Waals surface area contributed by atoms with Gasteiger partial charge in [-0.05, 0) is 6.07 Å². The molecule has 2 rings (SSSR count). The van der Waals surface area contributed by atoms with Gasteiger partial charge in [0.25, 0.3) is 10.0 Å². The van der Waals surface area contributed by atoms with Crippen LogP contribution in [0, 0.1) is 0 Å². The van der Waals surface area contributed by atoms with Crippen molar-refractivity contribution < 1.29 is 26.1 Å². The second-order valence-corrected chi connectivity index (χ2v) is 8.51. The van der Waals surface area contributed by atoms with Gasteiger partial charge in [0, 0.05) is 24.6 Å². The zero-order valence-corrected chi connectivity index (χ0v) is 15.6. The Kier molecular flexibility index (Phi) is 5.64. The maximum atomic E-state index is 12.6. The number of aromatic nitrogens is 3. The maximum Gasteiger partial charge on any atom is 0.417 e. The minimum absolute atomic E-state index is 0.107. The van der Waals surface area contributed by atoms with Gasteiger partial charge in [0.05, 0.1) is 10.6 Å². The van der Waals surface area contributed by atoms with Gasteiger partial charge in [0.1, 0.15) is 0 Å². The molecule has 7 nitrogen and oxygen atoms in total. The van der Waals surface area contributed by atoms with Crippen LogP contribution in [0.15, 0.2) is 21.8 Å². The molecule has 0 aromatic carbocycles. The number of hydrogen-bond acceptors (Lipinski definition) is 6. The van der Waals surface area contributed by atoms with E-state index in [1.807, 2.05) is 20.8 Å². The normalized spacial score (nSPS) is 13.2. The number of halogens is 4. The second-order valence-electron chi connectivity index (χ2n) is 6.42. The Labute approximate surface area is 153 Å². The third kappa shape index (κ3) is 4.92.